The number of anilines is 2. The van der Waals surface area contributed by atoms with Crippen molar-refractivity contribution in [2.75, 3.05) is 17.6 Å². The molecule has 10 heteroatoms. The normalized spacial score (nSPS) is 11.0. The van der Waals surface area contributed by atoms with Crippen molar-refractivity contribution in [3.8, 4) is 17.3 Å². The molecule has 4 aromatic rings. The predicted octanol–water partition coefficient (Wildman–Crippen LogP) is 2.72. The van der Waals surface area contributed by atoms with Gasteiger partial charge in [0, 0.05) is 13.0 Å². The summed E-state index contributed by atoms with van der Waals surface area (Å²) in [6.07, 6.45) is 3.45. The molecule has 3 aromatic heterocycles. The van der Waals surface area contributed by atoms with Crippen LogP contribution in [0, 0.1) is 0 Å². The quantitative estimate of drug-likeness (QED) is 0.334. The highest BCUT2D eigenvalue weighted by atomic mass is 16.5. The number of fused-ring (bicyclic) bond motifs is 1. The third-order valence-corrected chi connectivity index (χ3v) is 4.28. The Labute approximate surface area is 172 Å². The predicted molar refractivity (Wildman–Crippen MR) is 110 cm³/mol. The molecule has 0 atom stereocenters. The monoisotopic (exact) mass is 407 g/mol. The molecule has 154 valence electrons. The molecule has 0 saturated carbocycles. The highest BCUT2D eigenvalue weighted by Gasteiger charge is 2.13. The summed E-state index contributed by atoms with van der Waals surface area (Å²) < 4.78 is 11.9. The zero-order chi connectivity index (χ0) is 20.9. The van der Waals surface area contributed by atoms with E-state index in [2.05, 4.69) is 25.4 Å². The minimum absolute atomic E-state index is 0.172. The molecule has 10 nitrogen and oxygen atoms in total. The third-order valence-electron chi connectivity index (χ3n) is 4.28. The molecule has 0 aliphatic carbocycles. The number of rotatable bonds is 8. The zero-order valence-corrected chi connectivity index (χ0v) is 16.4. The lowest BCUT2D eigenvalue weighted by Gasteiger charge is -2.07. The number of carbonyl (C=O) groups excluding carboxylic acids is 1. The Balaban J connectivity index is 1.37. The number of ether oxygens (including phenoxy) is 1. The van der Waals surface area contributed by atoms with Crippen LogP contribution >= 0.6 is 0 Å². The fourth-order valence-electron chi connectivity index (χ4n) is 2.82. The van der Waals surface area contributed by atoms with Gasteiger partial charge < -0.3 is 20.2 Å². The first-order chi connectivity index (χ1) is 14.6. The topological polar surface area (TPSA) is 133 Å². The van der Waals surface area contributed by atoms with E-state index in [1.807, 2.05) is 19.1 Å². The molecular weight excluding hydrogens is 386 g/mol. The average molecular weight is 407 g/mol. The number of hydrogen-bond acceptors (Lipinski definition) is 9. The van der Waals surface area contributed by atoms with Gasteiger partial charge in [0.1, 0.15) is 5.75 Å². The number of nitrogens with two attached hydrogens (primary N) is 1. The lowest BCUT2D eigenvalue weighted by atomic mass is 10.1. The second kappa shape index (κ2) is 8.60. The molecule has 0 bridgehead atoms. The largest absolute Gasteiger partial charge is 0.461 e. The smallest absolute Gasteiger partial charge is 0.311 e. The molecular formula is C20H21N7O3. The van der Waals surface area contributed by atoms with Gasteiger partial charge in [0.05, 0.1) is 6.26 Å². The van der Waals surface area contributed by atoms with E-state index >= 15 is 0 Å². The molecule has 0 fully saturated rings. The minimum atomic E-state index is -0.222. The molecule has 0 aliphatic heterocycles. The zero-order valence-electron chi connectivity index (χ0n) is 16.4. The first-order valence-corrected chi connectivity index (χ1v) is 9.60. The van der Waals surface area contributed by atoms with Gasteiger partial charge in [-0.15, -0.1) is 5.10 Å². The van der Waals surface area contributed by atoms with E-state index in [0.717, 1.165) is 18.4 Å². The number of nitrogens with one attached hydrogen (secondary N) is 1. The van der Waals surface area contributed by atoms with E-state index in [9.17, 15) is 4.79 Å². The van der Waals surface area contributed by atoms with Crippen LogP contribution in [0.15, 0.2) is 47.1 Å². The van der Waals surface area contributed by atoms with Crippen molar-refractivity contribution in [1.29, 1.82) is 0 Å². The van der Waals surface area contributed by atoms with Crippen molar-refractivity contribution in [2.45, 2.75) is 26.2 Å². The van der Waals surface area contributed by atoms with Crippen LogP contribution in [0.1, 0.15) is 25.3 Å². The van der Waals surface area contributed by atoms with E-state index in [1.54, 1.807) is 30.5 Å². The van der Waals surface area contributed by atoms with Gasteiger partial charge in [-0.25, -0.2) is 0 Å². The van der Waals surface area contributed by atoms with Crippen molar-refractivity contribution in [3.05, 3.63) is 48.2 Å². The second-order valence-corrected chi connectivity index (χ2v) is 6.57. The van der Waals surface area contributed by atoms with Gasteiger partial charge in [-0.05, 0) is 42.7 Å². The summed E-state index contributed by atoms with van der Waals surface area (Å²) >= 11 is 0. The van der Waals surface area contributed by atoms with E-state index in [1.165, 1.54) is 4.52 Å². The van der Waals surface area contributed by atoms with Crippen LogP contribution in [-0.2, 0) is 11.2 Å². The molecule has 0 radical (unpaired) electrons. The standard InChI is InChI=1S/C20H21N7O3/c1-2-4-16(28)30-14-8-6-13(7-9-14)10-11-22-19-24-18(21)27-20(25-19)23-17(26-27)15-5-3-12-29-15/h3,5-9,12H,2,4,10-11H2,1H3,(H3,21,22,23,24,25,26). The van der Waals surface area contributed by atoms with Crippen LogP contribution in [0.2, 0.25) is 0 Å². The Hall–Kier alpha value is -3.95. The number of furan rings is 1. The van der Waals surface area contributed by atoms with Gasteiger partial charge in [-0.3, -0.25) is 4.79 Å². The molecule has 3 heterocycles. The Kier molecular flexibility index (Phi) is 5.55. The van der Waals surface area contributed by atoms with Crippen molar-refractivity contribution >= 4 is 23.6 Å². The van der Waals surface area contributed by atoms with Gasteiger partial charge in [0.25, 0.3) is 5.78 Å². The lowest BCUT2D eigenvalue weighted by Crippen LogP contribution is -2.12. The highest BCUT2D eigenvalue weighted by molar-refractivity contribution is 5.72. The minimum Gasteiger partial charge on any atom is -0.461 e. The van der Waals surface area contributed by atoms with Gasteiger partial charge in [-0.2, -0.15) is 19.5 Å². The van der Waals surface area contributed by atoms with Crippen LogP contribution in [0.5, 0.6) is 5.75 Å². The molecule has 0 aliphatic rings. The van der Waals surface area contributed by atoms with Crippen LogP contribution < -0.4 is 15.8 Å². The van der Waals surface area contributed by atoms with Crippen molar-refractivity contribution in [2.24, 2.45) is 0 Å². The number of nitrogen functional groups attached to an aromatic ring is 1. The first-order valence-electron chi connectivity index (χ1n) is 9.60. The maximum absolute atomic E-state index is 11.5. The molecule has 0 spiro atoms. The molecule has 0 unspecified atom stereocenters. The molecule has 0 amide bonds. The summed E-state index contributed by atoms with van der Waals surface area (Å²) in [5.41, 5.74) is 7.06. The fourth-order valence-corrected chi connectivity index (χ4v) is 2.82. The molecule has 1 aromatic carbocycles. The van der Waals surface area contributed by atoms with Crippen molar-refractivity contribution in [1.82, 2.24) is 24.6 Å². The van der Waals surface area contributed by atoms with E-state index in [4.69, 9.17) is 14.9 Å². The summed E-state index contributed by atoms with van der Waals surface area (Å²) in [6, 6.07) is 10.9. The molecule has 4 rings (SSSR count). The molecule has 30 heavy (non-hydrogen) atoms. The SMILES string of the molecule is CCCC(=O)Oc1ccc(CCNc2nc(N)n3nc(-c4ccco4)nc3n2)cc1. The lowest BCUT2D eigenvalue weighted by molar-refractivity contribution is -0.134. The fraction of sp³-hybridized carbons (Fsp3) is 0.250. The van der Waals surface area contributed by atoms with Crippen LogP contribution in [0.25, 0.3) is 17.4 Å². The van der Waals surface area contributed by atoms with Crippen molar-refractivity contribution < 1.29 is 13.9 Å². The second-order valence-electron chi connectivity index (χ2n) is 6.57. The van der Waals surface area contributed by atoms with E-state index in [0.29, 0.717) is 42.0 Å². The van der Waals surface area contributed by atoms with E-state index in [-0.39, 0.29) is 11.9 Å². The summed E-state index contributed by atoms with van der Waals surface area (Å²) in [6.45, 7) is 2.53. The number of carbonyl (C=O) groups is 1. The highest BCUT2D eigenvalue weighted by Crippen LogP contribution is 2.18. The Bertz CT molecular complexity index is 1140. The summed E-state index contributed by atoms with van der Waals surface area (Å²) in [5, 5.41) is 7.40. The van der Waals surface area contributed by atoms with Crippen LogP contribution in [0.4, 0.5) is 11.9 Å². The van der Waals surface area contributed by atoms with Gasteiger partial charge in [-0.1, -0.05) is 19.1 Å². The average Bonchev–Trinajstić information content (AvgIpc) is 3.39. The first kappa shape index (κ1) is 19.4. The number of esters is 1. The maximum atomic E-state index is 11.5. The Morgan fingerprint density at radius 2 is 2.03 bits per heavy atom. The maximum Gasteiger partial charge on any atom is 0.311 e. The number of hydrogen-bond donors (Lipinski definition) is 2. The summed E-state index contributed by atoms with van der Waals surface area (Å²) in [5.74, 6) is 2.10. The molecule has 0 saturated heterocycles. The van der Waals surface area contributed by atoms with Gasteiger partial charge >= 0.3 is 5.97 Å². The van der Waals surface area contributed by atoms with Crippen molar-refractivity contribution in [3.63, 3.8) is 0 Å². The van der Waals surface area contributed by atoms with Crippen LogP contribution in [-0.4, -0.2) is 37.1 Å². The number of benzene rings is 1. The summed E-state index contributed by atoms with van der Waals surface area (Å²) in [7, 11) is 0. The van der Waals surface area contributed by atoms with E-state index < -0.39 is 0 Å². The number of aromatic nitrogens is 5. The van der Waals surface area contributed by atoms with Gasteiger partial charge in [0.2, 0.25) is 17.7 Å². The Morgan fingerprint density at radius 1 is 1.20 bits per heavy atom. The van der Waals surface area contributed by atoms with Crippen LogP contribution in [0.3, 0.4) is 0 Å². The Morgan fingerprint density at radius 3 is 2.77 bits per heavy atom. The number of nitrogens with zero attached hydrogens (tertiary/aromatic N) is 5. The molecule has 3 N–H and O–H groups in total. The summed E-state index contributed by atoms with van der Waals surface area (Å²) in [4.78, 5) is 24.4. The van der Waals surface area contributed by atoms with Gasteiger partial charge in [0.15, 0.2) is 5.76 Å². The third kappa shape index (κ3) is 4.37.